The molecule has 1 unspecified atom stereocenters. The van der Waals surface area contributed by atoms with Gasteiger partial charge in [-0.15, -0.1) is 11.6 Å². The minimum absolute atomic E-state index is 0.311. The van der Waals surface area contributed by atoms with Gasteiger partial charge in [0, 0.05) is 5.38 Å². The third kappa shape index (κ3) is 1.74. The highest BCUT2D eigenvalue weighted by Gasteiger charge is 2.18. The summed E-state index contributed by atoms with van der Waals surface area (Å²) in [5.41, 5.74) is 2.95. The molecular weight excluding hydrogens is 252 g/mol. The number of hydrogen-bond acceptors (Lipinski definition) is 0. The Kier molecular flexibility index (Phi) is 2.53. The highest BCUT2D eigenvalue weighted by Crippen LogP contribution is 2.34. The van der Waals surface area contributed by atoms with E-state index in [-0.39, 0.29) is 0 Å². The van der Waals surface area contributed by atoms with Crippen LogP contribution in [0.15, 0.2) is 48.5 Å². The van der Waals surface area contributed by atoms with E-state index in [1.54, 1.807) is 0 Å². The molecule has 3 aromatic rings. The number of halogens is 1. The van der Waals surface area contributed by atoms with Gasteiger partial charge in [-0.1, -0.05) is 48.5 Å². The zero-order valence-corrected chi connectivity index (χ0v) is 11.5. The van der Waals surface area contributed by atoms with Gasteiger partial charge in [0.05, 0.1) is 0 Å². The van der Waals surface area contributed by atoms with Gasteiger partial charge in [0.15, 0.2) is 0 Å². The summed E-state index contributed by atoms with van der Waals surface area (Å²) in [6.07, 6.45) is 3.22. The monoisotopic (exact) mass is 266 g/mol. The van der Waals surface area contributed by atoms with E-state index in [1.165, 1.54) is 32.7 Å². The van der Waals surface area contributed by atoms with E-state index in [2.05, 4.69) is 48.5 Å². The molecule has 0 spiro atoms. The maximum atomic E-state index is 6.29. The Balaban J connectivity index is 2.08. The van der Waals surface area contributed by atoms with Crippen LogP contribution in [0.5, 0.6) is 0 Å². The number of hydrogen-bond donors (Lipinski definition) is 0. The molecule has 0 amide bonds. The van der Waals surface area contributed by atoms with Crippen LogP contribution < -0.4 is 0 Å². The maximum Gasteiger partial charge on any atom is 0.0379 e. The molecule has 1 aliphatic rings. The maximum absolute atomic E-state index is 6.29. The van der Waals surface area contributed by atoms with Crippen molar-refractivity contribution in [1.82, 2.24) is 0 Å². The molecule has 0 saturated carbocycles. The van der Waals surface area contributed by atoms with Crippen molar-refractivity contribution >= 4 is 33.1 Å². The summed E-state index contributed by atoms with van der Waals surface area (Å²) >= 11 is 6.29. The summed E-state index contributed by atoms with van der Waals surface area (Å²) < 4.78 is 0. The van der Waals surface area contributed by atoms with E-state index in [0.717, 1.165) is 19.3 Å². The van der Waals surface area contributed by atoms with E-state index in [9.17, 15) is 0 Å². The molecule has 0 saturated heterocycles. The van der Waals surface area contributed by atoms with Crippen molar-refractivity contribution in [2.75, 3.05) is 0 Å². The summed E-state index contributed by atoms with van der Waals surface area (Å²) in [6.45, 7) is 0. The van der Waals surface area contributed by atoms with Gasteiger partial charge in [-0.25, -0.2) is 0 Å². The topological polar surface area (TPSA) is 0 Å². The first kappa shape index (κ1) is 11.3. The van der Waals surface area contributed by atoms with Gasteiger partial charge in [0.1, 0.15) is 0 Å². The van der Waals surface area contributed by atoms with Crippen LogP contribution in [0.4, 0.5) is 0 Å². The lowest BCUT2D eigenvalue weighted by molar-refractivity contribution is 0.699. The van der Waals surface area contributed by atoms with Gasteiger partial charge in [-0.2, -0.15) is 0 Å². The molecule has 0 nitrogen and oxygen atoms in total. The van der Waals surface area contributed by atoms with Gasteiger partial charge < -0.3 is 0 Å². The van der Waals surface area contributed by atoms with E-state index in [0.29, 0.717) is 5.38 Å². The molecule has 0 fully saturated rings. The van der Waals surface area contributed by atoms with Crippen molar-refractivity contribution in [2.45, 2.75) is 24.6 Å². The molecule has 0 N–H and O–H groups in total. The lowest BCUT2D eigenvalue weighted by Crippen LogP contribution is -2.14. The van der Waals surface area contributed by atoms with Gasteiger partial charge >= 0.3 is 0 Å². The number of fused-ring (bicyclic) bond motifs is 5. The van der Waals surface area contributed by atoms with Crippen molar-refractivity contribution in [3.63, 3.8) is 0 Å². The fourth-order valence-electron chi connectivity index (χ4n) is 3.32. The zero-order valence-electron chi connectivity index (χ0n) is 10.7. The Morgan fingerprint density at radius 1 is 0.842 bits per heavy atom. The Morgan fingerprint density at radius 3 is 2.63 bits per heavy atom. The number of alkyl halides is 1. The van der Waals surface area contributed by atoms with Gasteiger partial charge in [0.2, 0.25) is 0 Å². The molecule has 0 radical (unpaired) electrons. The van der Waals surface area contributed by atoms with E-state index in [1.807, 2.05) is 0 Å². The molecule has 0 bridgehead atoms. The number of rotatable bonds is 0. The molecule has 3 aromatic carbocycles. The van der Waals surface area contributed by atoms with Crippen molar-refractivity contribution in [3.8, 4) is 0 Å². The molecule has 0 heterocycles. The smallest absolute Gasteiger partial charge is 0.0379 e. The molecule has 1 atom stereocenters. The second-order valence-electron chi connectivity index (χ2n) is 5.43. The van der Waals surface area contributed by atoms with Crippen molar-refractivity contribution < 1.29 is 0 Å². The molecule has 4 rings (SSSR count). The van der Waals surface area contributed by atoms with Crippen molar-refractivity contribution in [2.24, 2.45) is 0 Å². The fourth-order valence-corrected chi connectivity index (χ4v) is 3.60. The summed E-state index contributed by atoms with van der Waals surface area (Å²) in [4.78, 5) is 0. The average molecular weight is 267 g/mol. The Hall–Kier alpha value is -1.53. The highest BCUT2D eigenvalue weighted by atomic mass is 35.5. The van der Waals surface area contributed by atoms with Crippen LogP contribution >= 0.6 is 11.6 Å². The molecule has 1 heteroatoms. The number of benzene rings is 3. The Labute approximate surface area is 118 Å². The molecule has 0 aliphatic heterocycles. The van der Waals surface area contributed by atoms with Gasteiger partial charge in [0.25, 0.3) is 0 Å². The summed E-state index contributed by atoms with van der Waals surface area (Å²) in [5.74, 6) is 0. The van der Waals surface area contributed by atoms with Crippen LogP contribution in [0, 0.1) is 0 Å². The van der Waals surface area contributed by atoms with Crippen LogP contribution in [0.3, 0.4) is 0 Å². The minimum atomic E-state index is 0.311. The minimum Gasteiger partial charge on any atom is -0.123 e. The molecule has 19 heavy (non-hydrogen) atoms. The lowest BCUT2D eigenvalue weighted by Gasteiger charge is -2.22. The van der Waals surface area contributed by atoms with Gasteiger partial charge in [-0.05, 0) is 51.9 Å². The first-order valence-electron chi connectivity index (χ1n) is 6.89. The zero-order chi connectivity index (χ0) is 12.8. The van der Waals surface area contributed by atoms with E-state index in [4.69, 9.17) is 11.6 Å². The standard InChI is InChI=1S/C18H15Cl/c19-14-7-10-16-13(11-14)6-9-17-15-4-2-1-3-12(15)5-8-18(16)17/h1-6,8-9,14H,7,10-11H2. The first-order valence-corrected chi connectivity index (χ1v) is 7.33. The van der Waals surface area contributed by atoms with E-state index < -0.39 is 0 Å². The van der Waals surface area contributed by atoms with Gasteiger partial charge in [-0.3, -0.25) is 0 Å². The largest absolute Gasteiger partial charge is 0.123 e. The molecule has 94 valence electrons. The Morgan fingerprint density at radius 2 is 1.68 bits per heavy atom. The van der Waals surface area contributed by atoms with Crippen molar-refractivity contribution in [3.05, 3.63) is 59.7 Å². The van der Waals surface area contributed by atoms with Crippen LogP contribution in [0.1, 0.15) is 17.5 Å². The second-order valence-corrected chi connectivity index (χ2v) is 6.04. The average Bonchev–Trinajstić information content (AvgIpc) is 2.46. The van der Waals surface area contributed by atoms with Crippen LogP contribution in [-0.4, -0.2) is 5.38 Å². The summed E-state index contributed by atoms with van der Waals surface area (Å²) in [5, 5.41) is 5.78. The van der Waals surface area contributed by atoms with Crippen LogP contribution in [0.25, 0.3) is 21.5 Å². The molecule has 0 aromatic heterocycles. The normalized spacial score (nSPS) is 18.7. The third-order valence-electron chi connectivity index (χ3n) is 4.28. The molecular formula is C18H15Cl. The fraction of sp³-hybridized carbons (Fsp3) is 0.222. The lowest BCUT2D eigenvalue weighted by atomic mass is 9.86. The predicted molar refractivity (Wildman–Crippen MR) is 83.1 cm³/mol. The SMILES string of the molecule is ClC1CCc2c(ccc3c2ccc2ccccc23)C1. The third-order valence-corrected chi connectivity index (χ3v) is 4.66. The van der Waals surface area contributed by atoms with Crippen LogP contribution in [0.2, 0.25) is 0 Å². The summed E-state index contributed by atoms with van der Waals surface area (Å²) in [6, 6.07) is 17.7. The second kappa shape index (κ2) is 4.25. The first-order chi connectivity index (χ1) is 9.33. The van der Waals surface area contributed by atoms with Crippen molar-refractivity contribution in [1.29, 1.82) is 0 Å². The Bertz CT molecular complexity index is 773. The van der Waals surface area contributed by atoms with E-state index >= 15 is 0 Å². The number of aryl methyl sites for hydroxylation is 1. The highest BCUT2D eigenvalue weighted by molar-refractivity contribution is 6.21. The summed E-state index contributed by atoms with van der Waals surface area (Å²) in [7, 11) is 0. The van der Waals surface area contributed by atoms with Crippen LogP contribution in [-0.2, 0) is 12.8 Å². The molecule has 1 aliphatic carbocycles. The predicted octanol–water partition coefficient (Wildman–Crippen LogP) is 5.09. The quantitative estimate of drug-likeness (QED) is 0.393.